The zero-order chi connectivity index (χ0) is 17.9. The summed E-state index contributed by atoms with van der Waals surface area (Å²) in [6, 6.07) is 19.7. The largest absolute Gasteiger partial charge is 0.323 e. The smallest absolute Gasteiger partial charge is 0.234 e. The molecule has 2 aromatic carbocycles. The van der Waals surface area contributed by atoms with E-state index in [-0.39, 0.29) is 5.37 Å². The summed E-state index contributed by atoms with van der Waals surface area (Å²) < 4.78 is 0. The van der Waals surface area contributed by atoms with Crippen LogP contribution in [0.4, 0.5) is 0 Å². The number of piperidine rings is 1. The number of carbonyl (C=O) groups is 1. The molecule has 4 heteroatoms. The quantitative estimate of drug-likeness (QED) is 0.809. The van der Waals surface area contributed by atoms with E-state index in [0.29, 0.717) is 17.7 Å². The summed E-state index contributed by atoms with van der Waals surface area (Å²) >= 11 is 1.78. The number of thioether (sulfide) groups is 1. The van der Waals surface area contributed by atoms with Gasteiger partial charge >= 0.3 is 0 Å². The van der Waals surface area contributed by atoms with Gasteiger partial charge in [-0.05, 0) is 30.9 Å². The van der Waals surface area contributed by atoms with Crippen LogP contribution in [0.5, 0.6) is 0 Å². The normalized spacial score (nSPS) is 22.1. The average molecular weight is 367 g/mol. The van der Waals surface area contributed by atoms with E-state index in [9.17, 15) is 4.79 Å². The minimum Gasteiger partial charge on any atom is -0.323 e. The lowest BCUT2D eigenvalue weighted by Gasteiger charge is -2.39. The van der Waals surface area contributed by atoms with E-state index in [1.807, 2.05) is 0 Å². The van der Waals surface area contributed by atoms with Gasteiger partial charge in [0.2, 0.25) is 5.91 Å². The molecule has 0 bridgehead atoms. The zero-order valence-electron chi connectivity index (χ0n) is 15.3. The van der Waals surface area contributed by atoms with Gasteiger partial charge in [0.15, 0.2) is 0 Å². The minimum absolute atomic E-state index is 0.189. The molecule has 0 spiro atoms. The Morgan fingerprint density at radius 3 is 2.38 bits per heavy atom. The van der Waals surface area contributed by atoms with Crippen molar-refractivity contribution >= 4 is 17.7 Å². The number of hydrogen-bond donors (Lipinski definition) is 0. The third-order valence-corrected chi connectivity index (χ3v) is 6.70. The van der Waals surface area contributed by atoms with E-state index >= 15 is 0 Å². The molecule has 0 aromatic heterocycles. The second-order valence-corrected chi connectivity index (χ2v) is 8.44. The number of aryl methyl sites for hydroxylation is 1. The maximum Gasteiger partial charge on any atom is 0.234 e. The van der Waals surface area contributed by atoms with Crippen molar-refractivity contribution in [1.29, 1.82) is 0 Å². The summed E-state index contributed by atoms with van der Waals surface area (Å²) in [7, 11) is 0. The zero-order valence-corrected chi connectivity index (χ0v) is 16.1. The Hall–Kier alpha value is -1.78. The summed E-state index contributed by atoms with van der Waals surface area (Å²) in [5.41, 5.74) is 3.90. The Morgan fingerprint density at radius 2 is 1.69 bits per heavy atom. The highest BCUT2D eigenvalue weighted by Crippen LogP contribution is 2.41. The maximum atomic E-state index is 12.6. The van der Waals surface area contributed by atoms with Gasteiger partial charge in [0, 0.05) is 25.7 Å². The van der Waals surface area contributed by atoms with Gasteiger partial charge in [-0.3, -0.25) is 9.69 Å². The monoisotopic (exact) mass is 366 g/mol. The van der Waals surface area contributed by atoms with Crippen molar-refractivity contribution in [3.8, 4) is 0 Å². The van der Waals surface area contributed by atoms with E-state index in [0.717, 1.165) is 32.5 Å². The van der Waals surface area contributed by atoms with Crippen LogP contribution in [0, 0.1) is 6.92 Å². The fourth-order valence-corrected chi connectivity index (χ4v) is 5.27. The predicted octanol–water partition coefficient (Wildman–Crippen LogP) is 4.23. The van der Waals surface area contributed by atoms with Crippen LogP contribution in [-0.4, -0.2) is 40.6 Å². The minimum atomic E-state index is 0.189. The number of carbonyl (C=O) groups excluding carboxylic acids is 1. The van der Waals surface area contributed by atoms with Gasteiger partial charge in [0.25, 0.3) is 0 Å². The number of amides is 1. The van der Waals surface area contributed by atoms with E-state index in [1.54, 1.807) is 11.8 Å². The summed E-state index contributed by atoms with van der Waals surface area (Å²) in [6.45, 7) is 5.25. The fourth-order valence-electron chi connectivity index (χ4n) is 4.02. The van der Waals surface area contributed by atoms with Crippen molar-refractivity contribution < 1.29 is 4.79 Å². The molecule has 0 saturated carbocycles. The maximum absolute atomic E-state index is 12.6. The molecule has 2 saturated heterocycles. The van der Waals surface area contributed by atoms with Gasteiger partial charge < -0.3 is 4.90 Å². The van der Waals surface area contributed by atoms with Crippen molar-refractivity contribution in [2.45, 2.75) is 37.7 Å². The molecule has 26 heavy (non-hydrogen) atoms. The lowest BCUT2D eigenvalue weighted by atomic mass is 10.0. The first kappa shape index (κ1) is 17.6. The van der Waals surface area contributed by atoms with Crippen molar-refractivity contribution in [1.82, 2.24) is 9.80 Å². The van der Waals surface area contributed by atoms with Crippen molar-refractivity contribution in [2.24, 2.45) is 0 Å². The highest BCUT2D eigenvalue weighted by atomic mass is 32.2. The average Bonchev–Trinajstić information content (AvgIpc) is 3.05. The van der Waals surface area contributed by atoms with Crippen LogP contribution in [0.1, 0.15) is 34.9 Å². The van der Waals surface area contributed by atoms with Gasteiger partial charge in [0.1, 0.15) is 5.37 Å². The Morgan fingerprint density at radius 1 is 1.00 bits per heavy atom. The molecule has 2 fully saturated rings. The number of rotatable bonds is 4. The van der Waals surface area contributed by atoms with Crippen LogP contribution in [-0.2, 0) is 11.3 Å². The van der Waals surface area contributed by atoms with Crippen LogP contribution >= 0.6 is 11.8 Å². The highest BCUT2D eigenvalue weighted by molar-refractivity contribution is 8.00. The molecule has 2 aromatic rings. The summed E-state index contributed by atoms with van der Waals surface area (Å²) in [6.07, 6.45) is 2.14. The molecule has 2 aliphatic heterocycles. The van der Waals surface area contributed by atoms with Crippen LogP contribution in [0.15, 0.2) is 54.6 Å². The van der Waals surface area contributed by atoms with Gasteiger partial charge in [-0.15, -0.1) is 11.8 Å². The summed E-state index contributed by atoms with van der Waals surface area (Å²) in [5.74, 6) is 0.921. The SMILES string of the molecule is Cc1ccc(C2SCC(=O)N2C2CCN(Cc3ccccc3)CC2)cc1. The molecule has 2 aliphatic rings. The first-order chi connectivity index (χ1) is 12.7. The van der Waals surface area contributed by atoms with Crippen LogP contribution < -0.4 is 0 Å². The third kappa shape index (κ3) is 3.81. The first-order valence-electron chi connectivity index (χ1n) is 9.46. The number of benzene rings is 2. The van der Waals surface area contributed by atoms with Gasteiger partial charge in [-0.2, -0.15) is 0 Å². The Balaban J connectivity index is 1.40. The summed E-state index contributed by atoms with van der Waals surface area (Å²) in [4.78, 5) is 17.3. The van der Waals surface area contributed by atoms with Crippen molar-refractivity contribution in [3.05, 3.63) is 71.3 Å². The van der Waals surface area contributed by atoms with E-state index in [1.165, 1.54) is 16.7 Å². The fraction of sp³-hybridized carbons (Fsp3) is 0.409. The number of nitrogens with zero attached hydrogens (tertiary/aromatic N) is 2. The third-order valence-electron chi connectivity index (χ3n) is 5.47. The Labute approximate surface area is 160 Å². The molecule has 4 rings (SSSR count). The molecule has 2 heterocycles. The van der Waals surface area contributed by atoms with E-state index in [4.69, 9.17) is 0 Å². The lowest BCUT2D eigenvalue weighted by molar-refractivity contribution is -0.131. The first-order valence-corrected chi connectivity index (χ1v) is 10.5. The molecule has 0 N–H and O–H groups in total. The van der Waals surface area contributed by atoms with E-state index in [2.05, 4.69) is 71.3 Å². The van der Waals surface area contributed by atoms with Crippen LogP contribution in [0.25, 0.3) is 0 Å². The molecule has 1 amide bonds. The number of hydrogen-bond acceptors (Lipinski definition) is 3. The second kappa shape index (κ2) is 7.85. The topological polar surface area (TPSA) is 23.6 Å². The second-order valence-electron chi connectivity index (χ2n) is 7.37. The molecular weight excluding hydrogens is 340 g/mol. The number of likely N-dealkylation sites (tertiary alicyclic amines) is 1. The molecule has 3 nitrogen and oxygen atoms in total. The highest BCUT2D eigenvalue weighted by Gasteiger charge is 2.38. The van der Waals surface area contributed by atoms with Gasteiger partial charge in [-0.1, -0.05) is 60.2 Å². The Kier molecular flexibility index (Phi) is 5.32. The Bertz CT molecular complexity index is 738. The van der Waals surface area contributed by atoms with E-state index < -0.39 is 0 Å². The molecule has 1 unspecified atom stereocenters. The predicted molar refractivity (Wildman–Crippen MR) is 108 cm³/mol. The lowest BCUT2D eigenvalue weighted by Crippen LogP contribution is -2.46. The summed E-state index contributed by atoms with van der Waals surface area (Å²) in [5, 5.41) is 0.189. The molecule has 0 radical (unpaired) electrons. The molecule has 1 atom stereocenters. The molecular formula is C22H26N2OS. The molecule has 136 valence electrons. The van der Waals surface area contributed by atoms with Gasteiger partial charge in [0.05, 0.1) is 5.75 Å². The molecule has 0 aliphatic carbocycles. The van der Waals surface area contributed by atoms with Crippen molar-refractivity contribution in [3.63, 3.8) is 0 Å². The van der Waals surface area contributed by atoms with Crippen molar-refractivity contribution in [2.75, 3.05) is 18.8 Å². The van der Waals surface area contributed by atoms with Crippen LogP contribution in [0.2, 0.25) is 0 Å². The standard InChI is InChI=1S/C22H26N2OS/c1-17-7-9-19(10-8-17)22-24(21(25)16-26-22)20-11-13-23(14-12-20)15-18-5-3-2-4-6-18/h2-10,20,22H,11-16H2,1H3. The van der Waals surface area contributed by atoms with Crippen LogP contribution in [0.3, 0.4) is 0 Å². The van der Waals surface area contributed by atoms with Gasteiger partial charge in [-0.25, -0.2) is 0 Å².